The van der Waals surface area contributed by atoms with E-state index < -0.39 is 10.8 Å². The first-order valence-corrected chi connectivity index (χ1v) is 6.62. The number of ether oxygens (including phenoxy) is 1. The van der Waals surface area contributed by atoms with E-state index in [0.717, 1.165) is 29.2 Å². The Kier molecular flexibility index (Phi) is 5.40. The van der Waals surface area contributed by atoms with Gasteiger partial charge >= 0.3 is 0 Å². The van der Waals surface area contributed by atoms with Gasteiger partial charge in [0.15, 0.2) is 0 Å². The number of hydrogen-bond donors (Lipinski definition) is 0. The zero-order valence-electron chi connectivity index (χ0n) is 9.36. The summed E-state index contributed by atoms with van der Waals surface area (Å²) < 4.78 is 16.8. The van der Waals surface area contributed by atoms with Gasteiger partial charge in [0.25, 0.3) is 0 Å². The molecule has 0 spiro atoms. The van der Waals surface area contributed by atoms with Crippen molar-refractivity contribution >= 4 is 10.8 Å². The van der Waals surface area contributed by atoms with Crippen molar-refractivity contribution in [2.75, 3.05) is 12.9 Å². The predicted molar refractivity (Wildman–Crippen MR) is 63.8 cm³/mol. The molecule has 1 rings (SSSR count). The molecule has 1 aromatic carbocycles. The molecule has 0 fully saturated rings. The third-order valence-corrected chi connectivity index (χ3v) is 3.71. The van der Waals surface area contributed by atoms with E-state index in [-0.39, 0.29) is 0 Å². The average molecular weight is 226 g/mol. The molecule has 0 aromatic heterocycles. The second-order valence-electron chi connectivity index (χ2n) is 3.43. The number of unbranched alkanes of at least 4 members (excludes halogenated alkanes) is 2. The average Bonchev–Trinajstić information content (AvgIpc) is 2.29. The molecule has 0 bridgehead atoms. The van der Waals surface area contributed by atoms with Gasteiger partial charge in [-0.25, -0.2) is 0 Å². The van der Waals surface area contributed by atoms with Crippen molar-refractivity contribution in [3.63, 3.8) is 0 Å². The molecule has 1 unspecified atom stereocenters. The SMILES string of the molecule is CCCCCS(=O)c1ccc(OC)cc1. The van der Waals surface area contributed by atoms with Crippen molar-refractivity contribution in [3.8, 4) is 5.75 Å². The van der Waals surface area contributed by atoms with E-state index in [1.807, 2.05) is 24.3 Å². The van der Waals surface area contributed by atoms with E-state index in [2.05, 4.69) is 6.92 Å². The third-order valence-electron chi connectivity index (χ3n) is 2.26. The fourth-order valence-corrected chi connectivity index (χ4v) is 2.47. The van der Waals surface area contributed by atoms with Crippen molar-refractivity contribution in [2.24, 2.45) is 0 Å². The molecule has 0 heterocycles. The highest BCUT2D eigenvalue weighted by Crippen LogP contribution is 2.15. The van der Waals surface area contributed by atoms with Crippen molar-refractivity contribution in [1.29, 1.82) is 0 Å². The zero-order chi connectivity index (χ0) is 11.1. The fraction of sp³-hybridized carbons (Fsp3) is 0.500. The fourth-order valence-electron chi connectivity index (χ4n) is 1.33. The summed E-state index contributed by atoms with van der Waals surface area (Å²) in [6, 6.07) is 7.46. The quantitative estimate of drug-likeness (QED) is 0.697. The lowest BCUT2D eigenvalue weighted by molar-refractivity contribution is 0.414. The Balaban J connectivity index is 2.50. The van der Waals surface area contributed by atoms with Crippen molar-refractivity contribution < 1.29 is 8.95 Å². The highest BCUT2D eigenvalue weighted by atomic mass is 32.2. The van der Waals surface area contributed by atoms with Crippen LogP contribution in [0.1, 0.15) is 26.2 Å². The molecule has 15 heavy (non-hydrogen) atoms. The number of hydrogen-bond acceptors (Lipinski definition) is 2. The molecule has 0 aliphatic heterocycles. The van der Waals surface area contributed by atoms with Gasteiger partial charge in [-0.1, -0.05) is 19.8 Å². The van der Waals surface area contributed by atoms with Gasteiger partial charge in [0.1, 0.15) is 5.75 Å². The molecule has 1 aromatic rings. The molecule has 0 aliphatic carbocycles. The van der Waals surface area contributed by atoms with Gasteiger partial charge in [-0.2, -0.15) is 0 Å². The summed E-state index contributed by atoms with van der Waals surface area (Å²) in [4.78, 5) is 0.895. The van der Waals surface area contributed by atoms with Crippen LogP contribution in [-0.4, -0.2) is 17.1 Å². The van der Waals surface area contributed by atoms with Crippen LogP contribution in [0.25, 0.3) is 0 Å². The van der Waals surface area contributed by atoms with Crippen LogP contribution in [0.4, 0.5) is 0 Å². The summed E-state index contributed by atoms with van der Waals surface area (Å²) >= 11 is 0. The molecular formula is C12H18O2S. The van der Waals surface area contributed by atoms with Crippen LogP contribution in [0, 0.1) is 0 Å². The van der Waals surface area contributed by atoms with Crippen LogP contribution in [0.15, 0.2) is 29.2 Å². The maximum Gasteiger partial charge on any atom is 0.118 e. The molecular weight excluding hydrogens is 208 g/mol. The Morgan fingerprint density at radius 3 is 2.40 bits per heavy atom. The first-order valence-electron chi connectivity index (χ1n) is 5.30. The third kappa shape index (κ3) is 4.04. The van der Waals surface area contributed by atoms with E-state index in [4.69, 9.17) is 4.74 Å². The first kappa shape index (κ1) is 12.2. The highest BCUT2D eigenvalue weighted by Gasteiger charge is 2.03. The summed E-state index contributed by atoms with van der Waals surface area (Å²) in [5, 5.41) is 0. The summed E-state index contributed by atoms with van der Waals surface area (Å²) in [5.74, 6) is 1.57. The first-order chi connectivity index (χ1) is 7.27. The smallest absolute Gasteiger partial charge is 0.118 e. The minimum atomic E-state index is -0.851. The molecule has 0 saturated carbocycles. The Morgan fingerprint density at radius 1 is 1.20 bits per heavy atom. The lowest BCUT2D eigenvalue weighted by atomic mass is 10.3. The lowest BCUT2D eigenvalue weighted by Gasteiger charge is -2.03. The van der Waals surface area contributed by atoms with Crippen LogP contribution >= 0.6 is 0 Å². The van der Waals surface area contributed by atoms with Gasteiger partial charge in [0.2, 0.25) is 0 Å². The summed E-state index contributed by atoms with van der Waals surface area (Å²) in [5.41, 5.74) is 0. The van der Waals surface area contributed by atoms with Crippen LogP contribution in [0.2, 0.25) is 0 Å². The van der Waals surface area contributed by atoms with E-state index in [1.54, 1.807) is 7.11 Å². The number of benzene rings is 1. The number of rotatable bonds is 6. The predicted octanol–water partition coefficient (Wildman–Crippen LogP) is 2.99. The van der Waals surface area contributed by atoms with Crippen molar-refractivity contribution in [3.05, 3.63) is 24.3 Å². The largest absolute Gasteiger partial charge is 0.497 e. The molecule has 0 N–H and O–H groups in total. The van der Waals surface area contributed by atoms with Crippen molar-refractivity contribution in [2.45, 2.75) is 31.1 Å². The maximum atomic E-state index is 11.8. The molecule has 0 aliphatic rings. The Morgan fingerprint density at radius 2 is 1.87 bits per heavy atom. The summed E-state index contributed by atoms with van der Waals surface area (Å²) in [6.07, 6.45) is 3.36. The molecule has 84 valence electrons. The van der Waals surface area contributed by atoms with Gasteiger partial charge in [-0.15, -0.1) is 0 Å². The standard InChI is InChI=1S/C12H18O2S/c1-3-4-5-10-15(13)12-8-6-11(14-2)7-9-12/h6-9H,3-5,10H2,1-2H3. The van der Waals surface area contributed by atoms with Gasteiger partial charge in [-0.3, -0.25) is 4.21 Å². The Labute approximate surface area is 94.1 Å². The molecule has 3 heteroatoms. The van der Waals surface area contributed by atoms with E-state index >= 15 is 0 Å². The van der Waals surface area contributed by atoms with Crippen LogP contribution in [0.5, 0.6) is 5.75 Å². The van der Waals surface area contributed by atoms with Gasteiger partial charge in [0.05, 0.1) is 17.9 Å². The van der Waals surface area contributed by atoms with E-state index in [0.29, 0.717) is 0 Å². The number of methoxy groups -OCH3 is 1. The van der Waals surface area contributed by atoms with Crippen LogP contribution in [0.3, 0.4) is 0 Å². The lowest BCUT2D eigenvalue weighted by Crippen LogP contribution is -1.98. The van der Waals surface area contributed by atoms with Crippen LogP contribution in [-0.2, 0) is 10.8 Å². The maximum absolute atomic E-state index is 11.8. The second-order valence-corrected chi connectivity index (χ2v) is 5.00. The zero-order valence-corrected chi connectivity index (χ0v) is 10.2. The molecule has 1 atom stereocenters. The minimum absolute atomic E-state index is 0.764. The summed E-state index contributed by atoms with van der Waals surface area (Å²) in [7, 11) is 0.781. The van der Waals surface area contributed by atoms with E-state index in [1.165, 1.54) is 6.42 Å². The molecule has 0 saturated heterocycles. The van der Waals surface area contributed by atoms with E-state index in [9.17, 15) is 4.21 Å². The highest BCUT2D eigenvalue weighted by molar-refractivity contribution is 7.85. The van der Waals surface area contributed by atoms with Gasteiger partial charge < -0.3 is 4.74 Å². The monoisotopic (exact) mass is 226 g/mol. The second kappa shape index (κ2) is 6.62. The van der Waals surface area contributed by atoms with Crippen LogP contribution < -0.4 is 4.74 Å². The topological polar surface area (TPSA) is 26.3 Å². The Hall–Kier alpha value is -0.830. The minimum Gasteiger partial charge on any atom is -0.497 e. The van der Waals surface area contributed by atoms with Gasteiger partial charge in [-0.05, 0) is 30.7 Å². The normalized spacial score (nSPS) is 12.4. The molecule has 0 radical (unpaired) electrons. The molecule has 2 nitrogen and oxygen atoms in total. The van der Waals surface area contributed by atoms with Crippen molar-refractivity contribution in [1.82, 2.24) is 0 Å². The molecule has 0 amide bonds. The summed E-state index contributed by atoms with van der Waals surface area (Å²) in [6.45, 7) is 2.15. The van der Waals surface area contributed by atoms with Gasteiger partial charge in [0, 0.05) is 10.6 Å². The Bertz CT molecular complexity index is 306.